The second-order valence-electron chi connectivity index (χ2n) is 5.29. The first-order valence-corrected chi connectivity index (χ1v) is 5.71. The molecule has 0 radical (unpaired) electrons. The molecule has 1 rings (SSSR count). The van der Waals surface area contributed by atoms with Crippen LogP contribution in [-0.4, -0.2) is 32.8 Å². The van der Waals surface area contributed by atoms with E-state index in [1.165, 1.54) is 19.2 Å². The number of carbonyl (C=O) groups is 2. The van der Waals surface area contributed by atoms with Crippen LogP contribution in [0.25, 0.3) is 0 Å². The smallest absolute Gasteiger partial charge is 0.326 e. The molecule has 104 valence electrons. The Hall–Kier alpha value is -2.18. The van der Waals surface area contributed by atoms with E-state index in [4.69, 9.17) is 5.11 Å². The Morgan fingerprint density at radius 3 is 2.37 bits per heavy atom. The van der Waals surface area contributed by atoms with Crippen molar-refractivity contribution in [1.82, 2.24) is 15.1 Å². The lowest BCUT2D eigenvalue weighted by Gasteiger charge is -2.27. The zero-order valence-electron chi connectivity index (χ0n) is 11.3. The number of hydrogen-bond donors (Lipinski definition) is 2. The predicted octanol–water partition coefficient (Wildman–Crippen LogP) is 0.00940. The van der Waals surface area contributed by atoms with Gasteiger partial charge in [0, 0.05) is 13.1 Å². The predicted molar refractivity (Wildman–Crippen MR) is 67.8 cm³/mol. The molecule has 0 aromatic carbocycles. The van der Waals surface area contributed by atoms with Gasteiger partial charge in [0.2, 0.25) is 0 Å². The molecule has 1 aromatic heterocycles. The molecule has 0 spiro atoms. The Kier molecular flexibility index (Phi) is 4.08. The van der Waals surface area contributed by atoms with Crippen molar-refractivity contribution in [3.8, 4) is 0 Å². The van der Waals surface area contributed by atoms with Crippen molar-refractivity contribution < 1.29 is 14.7 Å². The number of carbonyl (C=O) groups excluding carboxylic acids is 1. The minimum atomic E-state index is -1.12. The number of carboxylic acid groups (broad SMARTS) is 1. The lowest BCUT2D eigenvalue weighted by Crippen LogP contribution is -2.49. The molecule has 7 nitrogen and oxygen atoms in total. The number of amides is 1. The SMILES string of the molecule is Cn1nc(C(=O)N[C@H](C(=O)O)C(C)(C)C)ccc1=O. The van der Waals surface area contributed by atoms with Crippen molar-refractivity contribution >= 4 is 11.9 Å². The second kappa shape index (κ2) is 5.21. The third kappa shape index (κ3) is 3.64. The molecule has 0 saturated heterocycles. The first-order chi connectivity index (χ1) is 8.62. The summed E-state index contributed by atoms with van der Waals surface area (Å²) in [5.74, 6) is -1.75. The first-order valence-electron chi connectivity index (χ1n) is 5.71. The highest BCUT2D eigenvalue weighted by atomic mass is 16.4. The Balaban J connectivity index is 2.97. The van der Waals surface area contributed by atoms with E-state index in [1.54, 1.807) is 20.8 Å². The molecular formula is C12H17N3O4. The number of aromatic nitrogens is 2. The third-order valence-corrected chi connectivity index (χ3v) is 2.58. The molecule has 1 atom stereocenters. The number of aryl methyl sites for hydroxylation is 1. The van der Waals surface area contributed by atoms with Crippen LogP contribution in [0.15, 0.2) is 16.9 Å². The first kappa shape index (κ1) is 14.9. The van der Waals surface area contributed by atoms with Gasteiger partial charge in [0.1, 0.15) is 11.7 Å². The van der Waals surface area contributed by atoms with Crippen LogP contribution in [0.5, 0.6) is 0 Å². The average Bonchev–Trinajstić information content (AvgIpc) is 2.27. The fourth-order valence-electron chi connectivity index (χ4n) is 1.48. The monoisotopic (exact) mass is 267 g/mol. The molecule has 0 aliphatic rings. The van der Waals surface area contributed by atoms with E-state index >= 15 is 0 Å². The Labute approximate surface area is 110 Å². The summed E-state index contributed by atoms with van der Waals surface area (Å²) in [6, 6.07) is 1.42. The van der Waals surface area contributed by atoms with Crippen molar-refractivity contribution in [1.29, 1.82) is 0 Å². The van der Waals surface area contributed by atoms with Crippen LogP contribution in [0.1, 0.15) is 31.3 Å². The van der Waals surface area contributed by atoms with E-state index in [2.05, 4.69) is 10.4 Å². The summed E-state index contributed by atoms with van der Waals surface area (Å²) in [4.78, 5) is 34.2. The molecule has 0 unspecified atom stereocenters. The average molecular weight is 267 g/mol. The zero-order chi connectivity index (χ0) is 14.8. The van der Waals surface area contributed by atoms with Gasteiger partial charge in [-0.2, -0.15) is 5.10 Å². The highest BCUT2D eigenvalue weighted by Crippen LogP contribution is 2.19. The van der Waals surface area contributed by atoms with Gasteiger partial charge in [-0.3, -0.25) is 9.59 Å². The largest absolute Gasteiger partial charge is 0.480 e. The molecule has 19 heavy (non-hydrogen) atoms. The van der Waals surface area contributed by atoms with Crippen LogP contribution in [0.3, 0.4) is 0 Å². The van der Waals surface area contributed by atoms with E-state index in [-0.39, 0.29) is 11.3 Å². The fraction of sp³-hybridized carbons (Fsp3) is 0.500. The Morgan fingerprint density at radius 2 is 1.95 bits per heavy atom. The molecule has 1 amide bonds. The van der Waals surface area contributed by atoms with Crippen LogP contribution in [-0.2, 0) is 11.8 Å². The van der Waals surface area contributed by atoms with Gasteiger partial charge in [-0.05, 0) is 11.5 Å². The van der Waals surface area contributed by atoms with Gasteiger partial charge in [0.15, 0.2) is 0 Å². The maximum absolute atomic E-state index is 11.9. The Bertz CT molecular complexity index is 557. The molecule has 0 aliphatic carbocycles. The van der Waals surface area contributed by atoms with Crippen molar-refractivity contribution in [2.45, 2.75) is 26.8 Å². The highest BCUT2D eigenvalue weighted by Gasteiger charge is 2.33. The second-order valence-corrected chi connectivity index (χ2v) is 5.29. The van der Waals surface area contributed by atoms with Crippen LogP contribution in [0.2, 0.25) is 0 Å². The van der Waals surface area contributed by atoms with Crippen molar-refractivity contribution in [3.05, 3.63) is 28.2 Å². The van der Waals surface area contributed by atoms with Crippen molar-refractivity contribution in [2.24, 2.45) is 12.5 Å². The Morgan fingerprint density at radius 1 is 1.37 bits per heavy atom. The number of hydrogen-bond acceptors (Lipinski definition) is 4. The topological polar surface area (TPSA) is 101 Å². The number of rotatable bonds is 3. The molecule has 0 bridgehead atoms. The van der Waals surface area contributed by atoms with Gasteiger partial charge >= 0.3 is 5.97 Å². The van der Waals surface area contributed by atoms with Gasteiger partial charge in [-0.25, -0.2) is 9.48 Å². The summed E-state index contributed by atoms with van der Waals surface area (Å²) in [5.41, 5.74) is -0.984. The molecule has 1 aromatic rings. The minimum Gasteiger partial charge on any atom is -0.480 e. The maximum Gasteiger partial charge on any atom is 0.326 e. The summed E-state index contributed by atoms with van der Waals surface area (Å²) in [5, 5.41) is 15.3. The number of nitrogens with one attached hydrogen (secondary N) is 1. The van der Waals surface area contributed by atoms with Gasteiger partial charge in [0.05, 0.1) is 0 Å². The summed E-state index contributed by atoms with van der Waals surface area (Å²) in [6.07, 6.45) is 0. The van der Waals surface area contributed by atoms with Crippen LogP contribution >= 0.6 is 0 Å². The lowest BCUT2D eigenvalue weighted by molar-refractivity contribution is -0.142. The molecule has 0 saturated carbocycles. The number of nitrogens with zero attached hydrogens (tertiary/aromatic N) is 2. The number of carboxylic acids is 1. The van der Waals surface area contributed by atoms with E-state index in [9.17, 15) is 14.4 Å². The van der Waals surface area contributed by atoms with Crippen LogP contribution in [0, 0.1) is 5.41 Å². The summed E-state index contributed by atoms with van der Waals surface area (Å²) < 4.78 is 1.02. The minimum absolute atomic E-state index is 0.00222. The van der Waals surface area contributed by atoms with Gasteiger partial charge < -0.3 is 10.4 Å². The fourth-order valence-corrected chi connectivity index (χ4v) is 1.48. The van der Waals surface area contributed by atoms with E-state index in [0.29, 0.717) is 0 Å². The van der Waals surface area contributed by atoms with Crippen LogP contribution < -0.4 is 10.9 Å². The summed E-state index contributed by atoms with van der Waals surface area (Å²) in [6.45, 7) is 5.13. The maximum atomic E-state index is 11.9. The van der Waals surface area contributed by atoms with Crippen molar-refractivity contribution in [2.75, 3.05) is 0 Å². The van der Waals surface area contributed by atoms with E-state index in [1.807, 2.05) is 0 Å². The molecular weight excluding hydrogens is 250 g/mol. The molecule has 0 aliphatic heterocycles. The number of aliphatic carboxylic acids is 1. The van der Waals surface area contributed by atoms with E-state index in [0.717, 1.165) is 4.68 Å². The highest BCUT2D eigenvalue weighted by molar-refractivity contribution is 5.94. The zero-order valence-corrected chi connectivity index (χ0v) is 11.3. The van der Waals surface area contributed by atoms with E-state index < -0.39 is 23.3 Å². The standard InChI is InChI=1S/C12H17N3O4/c1-12(2,3)9(11(18)19)13-10(17)7-5-6-8(16)15(4)14-7/h5-6,9H,1-4H3,(H,13,17)(H,18,19)/t9-/m1/s1. The summed E-state index contributed by atoms with van der Waals surface area (Å²) in [7, 11) is 1.41. The van der Waals surface area contributed by atoms with Crippen LogP contribution in [0.4, 0.5) is 0 Å². The molecule has 7 heteroatoms. The normalized spacial score (nSPS) is 12.8. The van der Waals surface area contributed by atoms with Crippen molar-refractivity contribution in [3.63, 3.8) is 0 Å². The van der Waals surface area contributed by atoms with Gasteiger partial charge in [-0.1, -0.05) is 20.8 Å². The lowest BCUT2D eigenvalue weighted by atomic mass is 9.86. The third-order valence-electron chi connectivity index (χ3n) is 2.58. The molecule has 0 fully saturated rings. The molecule has 1 heterocycles. The summed E-state index contributed by atoms with van der Waals surface area (Å²) >= 11 is 0. The molecule has 2 N–H and O–H groups in total. The van der Waals surface area contributed by atoms with Gasteiger partial charge in [0.25, 0.3) is 11.5 Å². The quantitative estimate of drug-likeness (QED) is 0.803. The van der Waals surface area contributed by atoms with Gasteiger partial charge in [-0.15, -0.1) is 0 Å².